The van der Waals surface area contributed by atoms with Crippen molar-refractivity contribution in [2.75, 3.05) is 6.61 Å². The van der Waals surface area contributed by atoms with Crippen molar-refractivity contribution in [3.63, 3.8) is 0 Å². The number of cyclic esters (lactones) is 1. The van der Waals surface area contributed by atoms with E-state index in [4.69, 9.17) is 9.47 Å². The standard InChI is InChI=1S/C16H19FO4/c1-10(11-6-4-5-7-12(11)17)8-13(18)21-14-15(19)20-9-16(14,2)3/h4-7,10,14H,8-9H2,1-3H3/t10?,14-/m0/s1. The van der Waals surface area contributed by atoms with Crippen molar-refractivity contribution in [2.24, 2.45) is 5.41 Å². The molecule has 0 radical (unpaired) electrons. The van der Waals surface area contributed by atoms with Gasteiger partial charge < -0.3 is 9.47 Å². The summed E-state index contributed by atoms with van der Waals surface area (Å²) in [7, 11) is 0. The third-order valence-corrected chi connectivity index (χ3v) is 3.67. The first kappa shape index (κ1) is 15.5. The molecule has 1 aliphatic rings. The first-order chi connectivity index (χ1) is 9.81. The molecule has 1 heterocycles. The van der Waals surface area contributed by atoms with Crippen LogP contribution in [0.1, 0.15) is 38.7 Å². The zero-order valence-corrected chi connectivity index (χ0v) is 12.4. The molecule has 1 unspecified atom stereocenters. The molecule has 0 N–H and O–H groups in total. The Morgan fingerprint density at radius 1 is 1.48 bits per heavy atom. The van der Waals surface area contributed by atoms with E-state index in [0.717, 1.165) is 0 Å². The molecule has 0 amide bonds. The van der Waals surface area contributed by atoms with Crippen LogP contribution in [0.2, 0.25) is 0 Å². The Morgan fingerprint density at radius 3 is 2.71 bits per heavy atom. The van der Waals surface area contributed by atoms with Crippen LogP contribution in [0.5, 0.6) is 0 Å². The first-order valence-corrected chi connectivity index (χ1v) is 6.92. The van der Waals surface area contributed by atoms with Gasteiger partial charge in [0.2, 0.25) is 6.10 Å². The van der Waals surface area contributed by atoms with E-state index in [1.165, 1.54) is 6.07 Å². The van der Waals surface area contributed by atoms with E-state index >= 15 is 0 Å². The molecular formula is C16H19FO4. The van der Waals surface area contributed by atoms with E-state index in [1.807, 2.05) is 0 Å². The summed E-state index contributed by atoms with van der Waals surface area (Å²) in [6.07, 6.45) is -0.876. The third kappa shape index (κ3) is 3.40. The Bertz CT molecular complexity index is 553. The highest BCUT2D eigenvalue weighted by Crippen LogP contribution is 2.32. The van der Waals surface area contributed by atoms with E-state index in [1.54, 1.807) is 39.0 Å². The highest BCUT2D eigenvalue weighted by Gasteiger charge is 2.46. The van der Waals surface area contributed by atoms with Crippen molar-refractivity contribution >= 4 is 11.9 Å². The monoisotopic (exact) mass is 294 g/mol. The summed E-state index contributed by atoms with van der Waals surface area (Å²) in [6, 6.07) is 6.31. The van der Waals surface area contributed by atoms with Crippen LogP contribution in [-0.4, -0.2) is 24.6 Å². The smallest absolute Gasteiger partial charge is 0.348 e. The van der Waals surface area contributed by atoms with Gasteiger partial charge in [0, 0.05) is 5.41 Å². The van der Waals surface area contributed by atoms with Gasteiger partial charge in [-0.3, -0.25) is 4.79 Å². The predicted molar refractivity (Wildman–Crippen MR) is 74.1 cm³/mol. The van der Waals surface area contributed by atoms with Crippen LogP contribution in [-0.2, 0) is 19.1 Å². The van der Waals surface area contributed by atoms with E-state index in [-0.39, 0.29) is 24.8 Å². The van der Waals surface area contributed by atoms with Gasteiger partial charge in [0.1, 0.15) is 12.4 Å². The highest BCUT2D eigenvalue weighted by atomic mass is 19.1. The minimum atomic E-state index is -0.891. The zero-order chi connectivity index (χ0) is 15.6. The fourth-order valence-electron chi connectivity index (χ4n) is 2.35. The number of hydrogen-bond donors (Lipinski definition) is 0. The zero-order valence-electron chi connectivity index (χ0n) is 12.4. The lowest BCUT2D eigenvalue weighted by Crippen LogP contribution is -2.35. The molecular weight excluding hydrogens is 275 g/mol. The van der Waals surface area contributed by atoms with Gasteiger partial charge in [0.25, 0.3) is 0 Å². The summed E-state index contributed by atoms with van der Waals surface area (Å²) in [5, 5.41) is 0. The van der Waals surface area contributed by atoms with Crippen LogP contribution >= 0.6 is 0 Å². The van der Waals surface area contributed by atoms with Gasteiger partial charge in [-0.1, -0.05) is 39.0 Å². The molecule has 0 aliphatic carbocycles. The van der Waals surface area contributed by atoms with Gasteiger partial charge >= 0.3 is 11.9 Å². The summed E-state index contributed by atoms with van der Waals surface area (Å²) < 4.78 is 23.8. The van der Waals surface area contributed by atoms with Crippen molar-refractivity contribution < 1.29 is 23.5 Å². The average molecular weight is 294 g/mol. The number of ether oxygens (including phenoxy) is 2. The molecule has 21 heavy (non-hydrogen) atoms. The molecule has 114 valence electrons. The Kier molecular flexibility index (Phi) is 4.30. The predicted octanol–water partition coefficient (Wildman–Crippen LogP) is 2.81. The van der Waals surface area contributed by atoms with Crippen LogP contribution in [0.3, 0.4) is 0 Å². The van der Waals surface area contributed by atoms with Crippen LogP contribution in [0.4, 0.5) is 4.39 Å². The van der Waals surface area contributed by atoms with Crippen LogP contribution < -0.4 is 0 Å². The van der Waals surface area contributed by atoms with Crippen molar-refractivity contribution in [1.29, 1.82) is 0 Å². The van der Waals surface area contributed by atoms with Crippen molar-refractivity contribution in [3.05, 3.63) is 35.6 Å². The van der Waals surface area contributed by atoms with Gasteiger partial charge in [0.15, 0.2) is 0 Å². The molecule has 1 aliphatic heterocycles. The van der Waals surface area contributed by atoms with E-state index < -0.39 is 23.5 Å². The third-order valence-electron chi connectivity index (χ3n) is 3.67. The topological polar surface area (TPSA) is 52.6 Å². The number of carbonyl (C=O) groups excluding carboxylic acids is 2. The fraction of sp³-hybridized carbons (Fsp3) is 0.500. The molecule has 2 rings (SSSR count). The molecule has 0 saturated carbocycles. The molecule has 5 heteroatoms. The quantitative estimate of drug-likeness (QED) is 0.801. The average Bonchev–Trinajstić information content (AvgIpc) is 2.66. The maximum absolute atomic E-state index is 13.7. The Hall–Kier alpha value is -1.91. The second-order valence-electron chi connectivity index (χ2n) is 6.09. The van der Waals surface area contributed by atoms with Gasteiger partial charge in [-0.2, -0.15) is 0 Å². The van der Waals surface area contributed by atoms with E-state index in [2.05, 4.69) is 0 Å². The van der Waals surface area contributed by atoms with Gasteiger partial charge in [0.05, 0.1) is 6.42 Å². The fourth-order valence-corrected chi connectivity index (χ4v) is 2.35. The summed E-state index contributed by atoms with van der Waals surface area (Å²) >= 11 is 0. The molecule has 1 aromatic rings. The van der Waals surface area contributed by atoms with E-state index in [0.29, 0.717) is 5.56 Å². The number of esters is 2. The Morgan fingerprint density at radius 2 is 2.14 bits per heavy atom. The molecule has 4 nitrogen and oxygen atoms in total. The minimum absolute atomic E-state index is 0.0147. The number of benzene rings is 1. The first-order valence-electron chi connectivity index (χ1n) is 6.92. The number of carbonyl (C=O) groups is 2. The maximum atomic E-state index is 13.7. The molecule has 2 atom stereocenters. The number of rotatable bonds is 4. The molecule has 1 aromatic carbocycles. The minimum Gasteiger partial charge on any atom is -0.462 e. The van der Waals surface area contributed by atoms with E-state index in [9.17, 15) is 14.0 Å². The molecule has 1 saturated heterocycles. The Balaban J connectivity index is 1.99. The summed E-state index contributed by atoms with van der Waals surface area (Å²) in [5.41, 5.74) is -0.0729. The largest absolute Gasteiger partial charge is 0.462 e. The second kappa shape index (κ2) is 5.84. The lowest BCUT2D eigenvalue weighted by Gasteiger charge is -2.22. The second-order valence-corrected chi connectivity index (χ2v) is 6.09. The summed E-state index contributed by atoms with van der Waals surface area (Å²) in [5.74, 6) is -1.72. The molecule has 1 fully saturated rings. The highest BCUT2D eigenvalue weighted by molar-refractivity contribution is 5.82. The van der Waals surface area contributed by atoms with Crippen LogP contribution in [0, 0.1) is 11.2 Å². The van der Waals surface area contributed by atoms with Gasteiger partial charge in [-0.05, 0) is 17.5 Å². The number of hydrogen-bond acceptors (Lipinski definition) is 4. The van der Waals surface area contributed by atoms with Gasteiger partial charge in [-0.15, -0.1) is 0 Å². The van der Waals surface area contributed by atoms with Crippen molar-refractivity contribution in [2.45, 2.75) is 39.2 Å². The summed E-state index contributed by atoms with van der Waals surface area (Å²) in [6.45, 7) is 5.58. The molecule has 0 aromatic heterocycles. The lowest BCUT2D eigenvalue weighted by molar-refractivity contribution is -0.163. The number of halogens is 1. The maximum Gasteiger partial charge on any atom is 0.348 e. The van der Waals surface area contributed by atoms with Crippen LogP contribution in [0.25, 0.3) is 0 Å². The van der Waals surface area contributed by atoms with Crippen LogP contribution in [0.15, 0.2) is 24.3 Å². The SMILES string of the molecule is CC(CC(=O)O[C@H]1C(=O)OCC1(C)C)c1ccccc1F. The van der Waals surface area contributed by atoms with Crippen molar-refractivity contribution in [1.82, 2.24) is 0 Å². The summed E-state index contributed by atoms with van der Waals surface area (Å²) in [4.78, 5) is 23.6. The normalized spacial score (nSPS) is 21.7. The van der Waals surface area contributed by atoms with Gasteiger partial charge in [-0.25, -0.2) is 9.18 Å². The Labute approximate surface area is 123 Å². The molecule has 0 spiro atoms. The van der Waals surface area contributed by atoms with Crippen molar-refractivity contribution in [3.8, 4) is 0 Å². The lowest BCUT2D eigenvalue weighted by atomic mass is 9.89. The molecule has 0 bridgehead atoms.